The van der Waals surface area contributed by atoms with E-state index in [0.29, 0.717) is 16.3 Å². The lowest BCUT2D eigenvalue weighted by Crippen LogP contribution is -2.19. The number of rotatable bonds is 6. The molecule has 2 heterocycles. The maximum atomic E-state index is 12.4. The van der Waals surface area contributed by atoms with Crippen molar-refractivity contribution in [3.63, 3.8) is 0 Å². The zero-order valence-electron chi connectivity index (χ0n) is 14.7. The predicted molar refractivity (Wildman–Crippen MR) is 103 cm³/mol. The third kappa shape index (κ3) is 3.93. The number of aromatic nitrogens is 1. The number of pyridine rings is 1. The smallest absolute Gasteiger partial charge is 0.289 e. The number of nitrogens with one attached hydrogen (secondary N) is 1. The molecule has 29 heavy (non-hydrogen) atoms. The van der Waals surface area contributed by atoms with E-state index < -0.39 is 4.92 Å². The van der Waals surface area contributed by atoms with E-state index >= 15 is 0 Å². The van der Waals surface area contributed by atoms with Crippen molar-refractivity contribution < 1.29 is 19.1 Å². The fraction of sp³-hybridized carbons (Fsp3) is 0.0526. The van der Waals surface area contributed by atoms with Crippen LogP contribution < -0.4 is 10.7 Å². The predicted octanol–water partition coefficient (Wildman–Crippen LogP) is 2.97. The van der Waals surface area contributed by atoms with Gasteiger partial charge in [-0.25, -0.2) is 4.98 Å². The second-order valence-corrected chi connectivity index (χ2v) is 6.70. The molecular formula is C19H12N5O4S+. The molecule has 3 aromatic rings. The lowest BCUT2D eigenvalue weighted by atomic mass is 10.0. The molecule has 0 atom stereocenters. The van der Waals surface area contributed by atoms with E-state index in [1.165, 1.54) is 30.5 Å². The SMILES string of the molecule is N#Cc1c(N)[nH+]c(SCC(=O)c2ccc([N+](=O)[O-])cc2)c(C#N)c1-c1ccco1. The molecule has 0 radical (unpaired) electrons. The molecule has 0 saturated carbocycles. The van der Waals surface area contributed by atoms with Gasteiger partial charge in [0.15, 0.2) is 16.4 Å². The van der Waals surface area contributed by atoms with Crippen molar-refractivity contribution in [1.82, 2.24) is 0 Å². The normalized spacial score (nSPS) is 10.1. The van der Waals surface area contributed by atoms with Crippen molar-refractivity contribution in [2.75, 3.05) is 11.5 Å². The lowest BCUT2D eigenvalue weighted by Gasteiger charge is -2.08. The summed E-state index contributed by atoms with van der Waals surface area (Å²) in [6.07, 6.45) is 1.41. The van der Waals surface area contributed by atoms with Gasteiger partial charge in [-0.1, -0.05) is 11.8 Å². The van der Waals surface area contributed by atoms with Crippen LogP contribution in [-0.4, -0.2) is 16.5 Å². The molecule has 2 aromatic heterocycles. The van der Waals surface area contributed by atoms with Crippen molar-refractivity contribution in [1.29, 1.82) is 10.5 Å². The quantitative estimate of drug-likeness (QED) is 0.283. The number of nitrogens with two attached hydrogens (primary N) is 1. The summed E-state index contributed by atoms with van der Waals surface area (Å²) in [5, 5.41) is 30.1. The Morgan fingerprint density at radius 2 is 1.90 bits per heavy atom. The number of nitro groups is 1. The van der Waals surface area contributed by atoms with Crippen LogP contribution in [0.4, 0.5) is 11.5 Å². The van der Waals surface area contributed by atoms with Gasteiger partial charge in [-0.2, -0.15) is 10.5 Å². The number of non-ortho nitro benzene ring substituents is 1. The van der Waals surface area contributed by atoms with Gasteiger partial charge in [0.05, 0.1) is 22.5 Å². The van der Waals surface area contributed by atoms with Gasteiger partial charge in [0, 0.05) is 17.7 Å². The first-order valence-electron chi connectivity index (χ1n) is 8.09. The summed E-state index contributed by atoms with van der Waals surface area (Å²) in [6, 6.07) is 12.5. The molecule has 142 valence electrons. The van der Waals surface area contributed by atoms with Gasteiger partial charge in [0.1, 0.15) is 23.5 Å². The molecule has 0 aliphatic heterocycles. The molecule has 0 spiro atoms. The standard InChI is InChI=1S/C19H11N5O4S/c20-8-13-17(16-2-1-7-28-16)14(9-21)19(23-18(13)22)29-10-15(25)11-3-5-12(6-4-11)24(26)27/h1-7H,10H2,(H2,22,23)/p+1. The number of hydrogen-bond acceptors (Lipinski definition) is 8. The van der Waals surface area contributed by atoms with Crippen LogP contribution in [0.5, 0.6) is 0 Å². The maximum absolute atomic E-state index is 12.4. The molecule has 0 unspecified atom stereocenters. The Bertz CT molecular complexity index is 1180. The third-order valence-electron chi connectivity index (χ3n) is 3.98. The lowest BCUT2D eigenvalue weighted by molar-refractivity contribution is -0.410. The van der Waals surface area contributed by atoms with Gasteiger partial charge in [-0.3, -0.25) is 20.6 Å². The number of Topliss-reactive ketones (excluding diaryl/α,β-unsaturated/α-hetero) is 1. The largest absolute Gasteiger partial charge is 0.464 e. The number of ketones is 1. The molecule has 0 fully saturated rings. The molecular weight excluding hydrogens is 394 g/mol. The Balaban J connectivity index is 1.92. The monoisotopic (exact) mass is 406 g/mol. The van der Waals surface area contributed by atoms with E-state index in [9.17, 15) is 25.4 Å². The van der Waals surface area contributed by atoms with Gasteiger partial charge in [-0.05, 0) is 24.3 Å². The van der Waals surface area contributed by atoms with Crippen molar-refractivity contribution in [2.24, 2.45) is 0 Å². The van der Waals surface area contributed by atoms with Gasteiger partial charge in [0.25, 0.3) is 11.5 Å². The Kier molecular flexibility index (Phi) is 5.58. The molecule has 0 aliphatic carbocycles. The molecule has 0 bridgehead atoms. The van der Waals surface area contributed by atoms with Crippen LogP contribution in [0.15, 0.2) is 52.1 Å². The van der Waals surface area contributed by atoms with Crippen molar-refractivity contribution in [3.05, 3.63) is 69.5 Å². The Hall–Kier alpha value is -4.15. The van der Waals surface area contributed by atoms with E-state index in [-0.39, 0.29) is 39.7 Å². The summed E-state index contributed by atoms with van der Waals surface area (Å²) in [5.74, 6) is 0.0153. The fourth-order valence-electron chi connectivity index (χ4n) is 2.61. The Morgan fingerprint density at radius 1 is 1.21 bits per heavy atom. The van der Waals surface area contributed by atoms with Gasteiger partial charge >= 0.3 is 0 Å². The van der Waals surface area contributed by atoms with Crippen molar-refractivity contribution >= 4 is 29.1 Å². The first-order chi connectivity index (χ1) is 14.0. The van der Waals surface area contributed by atoms with Gasteiger partial charge in [0.2, 0.25) is 0 Å². The number of nitriles is 2. The number of thioether (sulfide) groups is 1. The number of H-pyrrole nitrogens is 1. The topological polar surface area (TPSA) is 161 Å². The van der Waals surface area contributed by atoms with E-state index in [1.54, 1.807) is 12.1 Å². The summed E-state index contributed by atoms with van der Waals surface area (Å²) in [6.45, 7) is 0. The first-order valence-corrected chi connectivity index (χ1v) is 9.08. The molecule has 3 N–H and O–H groups in total. The number of hydrogen-bond donors (Lipinski definition) is 1. The molecule has 0 aliphatic rings. The van der Waals surface area contributed by atoms with E-state index in [4.69, 9.17) is 10.2 Å². The number of aromatic amines is 1. The number of nitrogens with zero attached hydrogens (tertiary/aromatic N) is 3. The molecule has 1 aromatic carbocycles. The van der Waals surface area contributed by atoms with Crippen LogP contribution in [0.3, 0.4) is 0 Å². The van der Waals surface area contributed by atoms with Crippen molar-refractivity contribution in [2.45, 2.75) is 5.03 Å². The molecule has 3 rings (SSSR count). The summed E-state index contributed by atoms with van der Waals surface area (Å²) in [5.41, 5.74) is 6.58. The molecule has 10 heteroatoms. The highest BCUT2D eigenvalue weighted by Gasteiger charge is 2.26. The van der Waals surface area contributed by atoms with Crippen LogP contribution in [0.2, 0.25) is 0 Å². The highest BCUT2D eigenvalue weighted by atomic mass is 32.2. The minimum Gasteiger partial charge on any atom is -0.464 e. The second kappa shape index (κ2) is 8.25. The minimum absolute atomic E-state index is 0.0446. The van der Waals surface area contributed by atoms with E-state index in [1.807, 2.05) is 12.1 Å². The summed E-state index contributed by atoms with van der Waals surface area (Å²) >= 11 is 1.04. The number of nitro benzene ring substituents is 1. The number of nitrogen functional groups attached to an aromatic ring is 1. The van der Waals surface area contributed by atoms with Crippen LogP contribution in [0, 0.1) is 32.8 Å². The number of carbonyl (C=O) groups excluding carboxylic acids is 1. The molecule has 9 nitrogen and oxygen atoms in total. The van der Waals surface area contributed by atoms with E-state index in [2.05, 4.69) is 4.98 Å². The highest BCUT2D eigenvalue weighted by Crippen LogP contribution is 2.34. The van der Waals surface area contributed by atoms with Crippen molar-refractivity contribution in [3.8, 4) is 23.5 Å². The Labute approximate surface area is 168 Å². The van der Waals surface area contributed by atoms with Crippen LogP contribution in [0.1, 0.15) is 21.5 Å². The van der Waals surface area contributed by atoms with E-state index in [0.717, 1.165) is 11.8 Å². The average Bonchev–Trinajstić information content (AvgIpc) is 3.25. The number of carbonyl (C=O) groups is 1. The van der Waals surface area contributed by atoms with Crippen LogP contribution in [-0.2, 0) is 0 Å². The van der Waals surface area contributed by atoms with Gasteiger partial charge in [-0.15, -0.1) is 0 Å². The first kappa shape index (κ1) is 19.6. The zero-order chi connectivity index (χ0) is 21.0. The summed E-state index contributed by atoms with van der Waals surface area (Å²) in [4.78, 5) is 25.4. The molecule has 0 amide bonds. The zero-order valence-corrected chi connectivity index (χ0v) is 15.5. The maximum Gasteiger partial charge on any atom is 0.289 e. The second-order valence-electron chi connectivity index (χ2n) is 5.71. The average molecular weight is 406 g/mol. The summed E-state index contributed by atoms with van der Waals surface area (Å²) in [7, 11) is 0. The van der Waals surface area contributed by atoms with Crippen LogP contribution in [0.25, 0.3) is 11.3 Å². The molecule has 0 saturated heterocycles. The highest BCUT2D eigenvalue weighted by molar-refractivity contribution is 7.99. The fourth-order valence-corrected chi connectivity index (χ4v) is 3.53. The minimum atomic E-state index is -0.549. The summed E-state index contributed by atoms with van der Waals surface area (Å²) < 4.78 is 5.34. The third-order valence-corrected chi connectivity index (χ3v) is 4.98. The van der Waals surface area contributed by atoms with Gasteiger partial charge < -0.3 is 4.42 Å². The number of anilines is 1. The Morgan fingerprint density at radius 3 is 2.45 bits per heavy atom. The number of furan rings is 1. The van der Waals surface area contributed by atoms with Crippen LogP contribution >= 0.6 is 11.8 Å². The number of benzene rings is 1.